The van der Waals surface area contributed by atoms with Gasteiger partial charge in [0.15, 0.2) is 0 Å². The summed E-state index contributed by atoms with van der Waals surface area (Å²) in [6.45, 7) is 1.73. The van der Waals surface area contributed by atoms with Crippen LogP contribution in [-0.4, -0.2) is 11.1 Å². The van der Waals surface area contributed by atoms with Gasteiger partial charge in [-0.3, -0.25) is 4.79 Å². The Balaban J connectivity index is 1.68. The molecular weight excluding hydrogens is 370 g/mol. The first-order chi connectivity index (χ1) is 13.7. The molecule has 0 aliphatic heterocycles. The third kappa shape index (κ3) is 3.46. The zero-order valence-corrected chi connectivity index (χ0v) is 16.6. The molecule has 28 heavy (non-hydrogen) atoms. The van der Waals surface area contributed by atoms with Gasteiger partial charge in [0.1, 0.15) is 28.1 Å². The number of nitriles is 1. The number of benzene rings is 1. The summed E-state index contributed by atoms with van der Waals surface area (Å²) in [5, 5.41) is 17.4. The number of nitrogens with zero attached hydrogens (tertiary/aromatic N) is 2. The predicted molar refractivity (Wildman–Crippen MR) is 110 cm³/mol. The molecule has 4 rings (SSSR count). The summed E-state index contributed by atoms with van der Waals surface area (Å²) < 4.78 is 5.31. The minimum Gasteiger partial charge on any atom is -0.360 e. The highest BCUT2D eigenvalue weighted by molar-refractivity contribution is 7.16. The smallest absolute Gasteiger partial charge is 0.262 e. The van der Waals surface area contributed by atoms with Gasteiger partial charge in [-0.1, -0.05) is 48.3 Å². The van der Waals surface area contributed by atoms with Crippen molar-refractivity contribution in [2.45, 2.75) is 45.4 Å². The van der Waals surface area contributed by atoms with E-state index in [1.165, 1.54) is 29.1 Å². The number of hydrogen-bond acceptors (Lipinski definition) is 5. The van der Waals surface area contributed by atoms with Crippen molar-refractivity contribution in [1.29, 1.82) is 5.26 Å². The number of carbonyl (C=O) groups is 1. The fourth-order valence-electron chi connectivity index (χ4n) is 3.72. The minimum absolute atomic E-state index is 0.289. The maximum atomic E-state index is 13.1. The molecule has 142 valence electrons. The van der Waals surface area contributed by atoms with E-state index < -0.39 is 0 Å². The summed E-state index contributed by atoms with van der Waals surface area (Å²) in [6, 6.07) is 11.8. The fraction of sp³-hybridized carbons (Fsp3) is 0.318. The first-order valence-electron chi connectivity index (χ1n) is 9.56. The standard InChI is InChI=1S/C22H21N3O2S/c1-14-19(20(25-27-14)15-9-5-4-6-10-15)21(26)24-22-17(13-23)16-11-7-2-3-8-12-18(16)28-22/h4-6,9-10H,2-3,7-8,11-12H2,1H3,(H,24,26). The molecule has 2 aromatic heterocycles. The van der Waals surface area contributed by atoms with E-state index in [0.29, 0.717) is 27.6 Å². The second-order valence-corrected chi connectivity index (χ2v) is 8.12. The summed E-state index contributed by atoms with van der Waals surface area (Å²) in [4.78, 5) is 14.3. The molecule has 3 aromatic rings. The number of rotatable bonds is 3. The summed E-state index contributed by atoms with van der Waals surface area (Å²) in [5.41, 5.74) is 3.49. The first-order valence-corrected chi connectivity index (χ1v) is 10.4. The van der Waals surface area contributed by atoms with Crippen LogP contribution in [0.2, 0.25) is 0 Å². The number of hydrogen-bond donors (Lipinski definition) is 1. The molecule has 1 aliphatic rings. The first kappa shape index (κ1) is 18.5. The summed E-state index contributed by atoms with van der Waals surface area (Å²) >= 11 is 1.54. The Morgan fingerprint density at radius 2 is 1.93 bits per heavy atom. The van der Waals surface area contributed by atoms with Crippen molar-refractivity contribution < 1.29 is 9.32 Å². The molecule has 1 aliphatic carbocycles. The van der Waals surface area contributed by atoms with Gasteiger partial charge in [0.2, 0.25) is 0 Å². The maximum absolute atomic E-state index is 13.1. The molecule has 5 nitrogen and oxygen atoms in total. The van der Waals surface area contributed by atoms with Crippen LogP contribution in [0, 0.1) is 18.3 Å². The van der Waals surface area contributed by atoms with Crippen LogP contribution in [-0.2, 0) is 12.8 Å². The van der Waals surface area contributed by atoms with Crippen molar-refractivity contribution in [3.05, 3.63) is 57.7 Å². The number of aromatic nitrogens is 1. The highest BCUT2D eigenvalue weighted by Crippen LogP contribution is 2.37. The lowest BCUT2D eigenvalue weighted by atomic mass is 9.97. The quantitative estimate of drug-likeness (QED) is 0.640. The second-order valence-electron chi connectivity index (χ2n) is 7.02. The number of thiophene rings is 1. The Morgan fingerprint density at radius 3 is 2.68 bits per heavy atom. The van der Waals surface area contributed by atoms with Crippen molar-refractivity contribution in [3.63, 3.8) is 0 Å². The Hall–Kier alpha value is -2.91. The number of aryl methyl sites for hydroxylation is 2. The average molecular weight is 391 g/mol. The van der Waals surface area contributed by atoms with E-state index >= 15 is 0 Å². The van der Waals surface area contributed by atoms with Gasteiger partial charge in [0.05, 0.1) is 5.56 Å². The van der Waals surface area contributed by atoms with E-state index in [1.807, 2.05) is 30.3 Å². The lowest BCUT2D eigenvalue weighted by molar-refractivity contribution is 0.102. The topological polar surface area (TPSA) is 78.9 Å². The Kier molecular flexibility index (Phi) is 5.27. The molecule has 0 atom stereocenters. The number of fused-ring (bicyclic) bond motifs is 1. The Bertz CT molecular complexity index is 1040. The molecule has 0 saturated heterocycles. The van der Waals surface area contributed by atoms with Crippen LogP contribution in [0.5, 0.6) is 0 Å². The molecule has 0 spiro atoms. The van der Waals surface area contributed by atoms with E-state index in [2.05, 4.69) is 16.5 Å². The normalized spacial score (nSPS) is 13.9. The van der Waals surface area contributed by atoms with Gasteiger partial charge in [0.25, 0.3) is 5.91 Å². The van der Waals surface area contributed by atoms with Gasteiger partial charge >= 0.3 is 0 Å². The summed E-state index contributed by atoms with van der Waals surface area (Å²) in [7, 11) is 0. The molecule has 1 amide bonds. The molecule has 0 unspecified atom stereocenters. The van der Waals surface area contributed by atoms with Gasteiger partial charge in [-0.05, 0) is 38.2 Å². The number of nitrogens with one attached hydrogen (secondary N) is 1. The van der Waals surface area contributed by atoms with Gasteiger partial charge < -0.3 is 9.84 Å². The van der Waals surface area contributed by atoms with Crippen LogP contribution in [0.4, 0.5) is 5.00 Å². The molecule has 1 aromatic carbocycles. The van der Waals surface area contributed by atoms with Crippen molar-refractivity contribution in [2.24, 2.45) is 0 Å². The van der Waals surface area contributed by atoms with Crippen LogP contribution in [0.15, 0.2) is 34.9 Å². The van der Waals surface area contributed by atoms with E-state index in [0.717, 1.165) is 36.8 Å². The van der Waals surface area contributed by atoms with Gasteiger partial charge in [-0.25, -0.2) is 0 Å². The number of amides is 1. The lowest BCUT2D eigenvalue weighted by Crippen LogP contribution is -2.13. The third-order valence-corrected chi connectivity index (χ3v) is 6.35. The SMILES string of the molecule is Cc1onc(-c2ccccc2)c1C(=O)Nc1sc2c(c1C#N)CCCCCC2. The fourth-order valence-corrected chi connectivity index (χ4v) is 4.96. The maximum Gasteiger partial charge on any atom is 0.262 e. The van der Waals surface area contributed by atoms with E-state index in [-0.39, 0.29) is 5.91 Å². The highest BCUT2D eigenvalue weighted by atomic mass is 32.1. The van der Waals surface area contributed by atoms with Crippen LogP contribution >= 0.6 is 11.3 Å². The molecule has 0 fully saturated rings. The zero-order chi connectivity index (χ0) is 19.5. The Labute approximate surface area is 168 Å². The van der Waals surface area contributed by atoms with Crippen molar-refractivity contribution >= 4 is 22.2 Å². The van der Waals surface area contributed by atoms with Crippen molar-refractivity contribution in [1.82, 2.24) is 5.16 Å². The van der Waals surface area contributed by atoms with Gasteiger partial charge in [-0.15, -0.1) is 11.3 Å². The molecule has 1 N–H and O–H groups in total. The number of carbonyl (C=O) groups excluding carboxylic acids is 1. The molecule has 0 saturated carbocycles. The van der Waals surface area contributed by atoms with Crippen LogP contribution in [0.3, 0.4) is 0 Å². The summed E-state index contributed by atoms with van der Waals surface area (Å²) in [5.74, 6) is 0.174. The van der Waals surface area contributed by atoms with Crippen molar-refractivity contribution in [3.8, 4) is 17.3 Å². The van der Waals surface area contributed by atoms with Crippen LogP contribution in [0.25, 0.3) is 11.3 Å². The van der Waals surface area contributed by atoms with Crippen LogP contribution in [0.1, 0.15) is 57.8 Å². The highest BCUT2D eigenvalue weighted by Gasteiger charge is 2.25. The average Bonchev–Trinajstić information content (AvgIpc) is 3.22. The minimum atomic E-state index is -0.289. The molecule has 6 heteroatoms. The largest absolute Gasteiger partial charge is 0.360 e. The van der Waals surface area contributed by atoms with Crippen molar-refractivity contribution in [2.75, 3.05) is 5.32 Å². The monoisotopic (exact) mass is 391 g/mol. The molecule has 0 radical (unpaired) electrons. The number of anilines is 1. The molecule has 2 heterocycles. The predicted octanol–water partition coefficient (Wildman–Crippen LogP) is 5.49. The zero-order valence-electron chi connectivity index (χ0n) is 15.7. The Morgan fingerprint density at radius 1 is 1.18 bits per heavy atom. The van der Waals surface area contributed by atoms with Gasteiger partial charge in [-0.2, -0.15) is 5.26 Å². The van der Waals surface area contributed by atoms with E-state index in [4.69, 9.17) is 4.52 Å². The van der Waals surface area contributed by atoms with E-state index in [9.17, 15) is 10.1 Å². The van der Waals surface area contributed by atoms with Gasteiger partial charge in [0, 0.05) is 10.4 Å². The van der Waals surface area contributed by atoms with E-state index in [1.54, 1.807) is 6.92 Å². The third-order valence-electron chi connectivity index (χ3n) is 5.15. The second kappa shape index (κ2) is 7.99. The molecule has 0 bridgehead atoms. The molecular formula is C22H21N3O2S. The van der Waals surface area contributed by atoms with Crippen LogP contribution < -0.4 is 5.32 Å². The summed E-state index contributed by atoms with van der Waals surface area (Å²) in [6.07, 6.45) is 6.53. The lowest BCUT2D eigenvalue weighted by Gasteiger charge is -2.08.